The average Bonchev–Trinajstić information content (AvgIpc) is 3.31. The van der Waals surface area contributed by atoms with Gasteiger partial charge in [-0.2, -0.15) is 0 Å². The van der Waals surface area contributed by atoms with Crippen molar-refractivity contribution in [1.29, 1.82) is 0 Å². The molecule has 5 nitrogen and oxygen atoms in total. The van der Waals surface area contributed by atoms with E-state index in [1.54, 1.807) is 6.92 Å². The summed E-state index contributed by atoms with van der Waals surface area (Å²) in [6.45, 7) is 2.22. The lowest BCUT2D eigenvalue weighted by molar-refractivity contribution is -0.139. The highest BCUT2D eigenvalue weighted by molar-refractivity contribution is 6.35. The van der Waals surface area contributed by atoms with Crippen LogP contribution in [0, 0.1) is 5.92 Å². The van der Waals surface area contributed by atoms with Gasteiger partial charge in [0.05, 0.1) is 5.60 Å². The highest BCUT2D eigenvalue weighted by Gasteiger charge is 2.40. The highest BCUT2D eigenvalue weighted by atomic mass is 16.3. The number of benzene rings is 1. The van der Waals surface area contributed by atoms with Gasteiger partial charge in [-0.05, 0) is 37.7 Å². The van der Waals surface area contributed by atoms with Crippen LogP contribution in [-0.2, 0) is 16.0 Å². The van der Waals surface area contributed by atoms with Crippen molar-refractivity contribution >= 4 is 11.8 Å². The number of carbonyl (C=O) groups excluding carboxylic acids is 2. The van der Waals surface area contributed by atoms with E-state index in [0.717, 1.165) is 18.4 Å². The molecule has 0 aliphatic heterocycles. The maximum absolute atomic E-state index is 11.6. The zero-order valence-electron chi connectivity index (χ0n) is 12.3. The number of nitrogens with one attached hydrogen (secondary N) is 2. The molecule has 0 saturated heterocycles. The van der Waals surface area contributed by atoms with E-state index in [1.807, 2.05) is 30.3 Å². The number of hydrogen-bond donors (Lipinski definition) is 3. The first kappa shape index (κ1) is 15.5. The molecule has 1 fully saturated rings. The Balaban J connectivity index is 1.66. The summed E-state index contributed by atoms with van der Waals surface area (Å²) in [5, 5.41) is 15.1. The van der Waals surface area contributed by atoms with Crippen LogP contribution < -0.4 is 10.6 Å². The lowest BCUT2D eigenvalue weighted by atomic mass is 10.0. The van der Waals surface area contributed by atoms with E-state index in [1.165, 1.54) is 0 Å². The quantitative estimate of drug-likeness (QED) is 0.672. The molecule has 0 spiro atoms. The molecule has 0 aromatic heterocycles. The molecule has 1 saturated carbocycles. The van der Waals surface area contributed by atoms with Crippen LogP contribution in [0.3, 0.4) is 0 Å². The largest absolute Gasteiger partial charge is 0.388 e. The molecule has 1 atom stereocenters. The van der Waals surface area contributed by atoms with Crippen LogP contribution in [0.25, 0.3) is 0 Å². The number of aliphatic hydroxyl groups is 1. The molecule has 0 unspecified atom stereocenters. The van der Waals surface area contributed by atoms with Gasteiger partial charge in [0.1, 0.15) is 0 Å². The second-order valence-electron chi connectivity index (χ2n) is 5.81. The smallest absolute Gasteiger partial charge is 0.309 e. The average molecular weight is 290 g/mol. The summed E-state index contributed by atoms with van der Waals surface area (Å²) in [5.41, 5.74) is 0.190. The van der Waals surface area contributed by atoms with Gasteiger partial charge in [-0.1, -0.05) is 30.3 Å². The Morgan fingerprint density at radius 3 is 2.43 bits per heavy atom. The Morgan fingerprint density at radius 1 is 1.19 bits per heavy atom. The topological polar surface area (TPSA) is 78.4 Å². The number of hydrogen-bond acceptors (Lipinski definition) is 3. The fourth-order valence-electron chi connectivity index (χ4n) is 2.23. The van der Waals surface area contributed by atoms with Gasteiger partial charge in [0.25, 0.3) is 0 Å². The zero-order chi connectivity index (χ0) is 15.3. The van der Waals surface area contributed by atoms with E-state index >= 15 is 0 Å². The first-order valence-electron chi connectivity index (χ1n) is 7.31. The predicted molar refractivity (Wildman–Crippen MR) is 79.5 cm³/mol. The van der Waals surface area contributed by atoms with Crippen LogP contribution in [0.15, 0.2) is 30.3 Å². The molecule has 0 radical (unpaired) electrons. The standard InChI is InChI=1S/C16H22N2O3/c1-16(21,13-7-8-13)11-18-15(20)14(19)17-10-9-12-5-3-2-4-6-12/h2-6,13,21H,7-11H2,1H3,(H,17,19)(H,18,20)/t16-/m1/s1. The van der Waals surface area contributed by atoms with Crippen LogP contribution in [0.4, 0.5) is 0 Å². The Kier molecular flexibility index (Phi) is 4.96. The summed E-state index contributed by atoms with van der Waals surface area (Å²) in [5.74, 6) is -1.11. The maximum Gasteiger partial charge on any atom is 0.309 e. The van der Waals surface area contributed by atoms with Crippen LogP contribution in [0.2, 0.25) is 0 Å². The Morgan fingerprint density at radius 2 is 1.81 bits per heavy atom. The zero-order valence-corrected chi connectivity index (χ0v) is 12.3. The molecule has 21 heavy (non-hydrogen) atoms. The molecule has 2 rings (SSSR count). The van der Waals surface area contributed by atoms with E-state index in [9.17, 15) is 14.7 Å². The fraction of sp³-hybridized carbons (Fsp3) is 0.500. The van der Waals surface area contributed by atoms with Crippen LogP contribution in [-0.4, -0.2) is 35.6 Å². The molecule has 5 heteroatoms. The van der Waals surface area contributed by atoms with Crippen molar-refractivity contribution in [1.82, 2.24) is 10.6 Å². The molecule has 114 valence electrons. The lowest BCUT2D eigenvalue weighted by Crippen LogP contribution is -2.47. The Bertz CT molecular complexity index is 496. The molecule has 2 amide bonds. The third kappa shape index (κ3) is 4.86. The van der Waals surface area contributed by atoms with Gasteiger partial charge >= 0.3 is 11.8 Å². The predicted octanol–water partition coefficient (Wildman–Crippen LogP) is 0.623. The molecular weight excluding hydrogens is 268 g/mol. The molecule has 1 aromatic carbocycles. The van der Waals surface area contributed by atoms with Crippen molar-refractivity contribution in [2.75, 3.05) is 13.1 Å². The van der Waals surface area contributed by atoms with Crippen molar-refractivity contribution in [3.63, 3.8) is 0 Å². The Labute approximate surface area is 124 Å². The maximum atomic E-state index is 11.6. The van der Waals surface area contributed by atoms with E-state index < -0.39 is 17.4 Å². The third-order valence-corrected chi connectivity index (χ3v) is 3.81. The normalized spacial score (nSPS) is 16.9. The van der Waals surface area contributed by atoms with E-state index in [2.05, 4.69) is 10.6 Å². The monoisotopic (exact) mass is 290 g/mol. The first-order valence-corrected chi connectivity index (χ1v) is 7.31. The minimum Gasteiger partial charge on any atom is -0.388 e. The van der Waals surface area contributed by atoms with Crippen LogP contribution in [0.5, 0.6) is 0 Å². The highest BCUT2D eigenvalue weighted by Crippen LogP contribution is 2.38. The first-order chi connectivity index (χ1) is 9.99. The van der Waals surface area contributed by atoms with E-state index in [0.29, 0.717) is 13.0 Å². The van der Waals surface area contributed by atoms with Crippen molar-refractivity contribution in [3.8, 4) is 0 Å². The molecule has 0 heterocycles. The summed E-state index contributed by atoms with van der Waals surface area (Å²) in [6, 6.07) is 9.74. The van der Waals surface area contributed by atoms with Crippen LogP contribution in [0.1, 0.15) is 25.3 Å². The SMILES string of the molecule is C[C@@](O)(CNC(=O)C(=O)NCCc1ccccc1)C1CC1. The number of amides is 2. The van der Waals surface area contributed by atoms with E-state index in [4.69, 9.17) is 0 Å². The summed E-state index contributed by atoms with van der Waals surface area (Å²) in [6.07, 6.45) is 2.64. The second-order valence-corrected chi connectivity index (χ2v) is 5.81. The molecule has 0 bridgehead atoms. The third-order valence-electron chi connectivity index (χ3n) is 3.81. The number of rotatable bonds is 6. The fourth-order valence-corrected chi connectivity index (χ4v) is 2.23. The number of carbonyl (C=O) groups is 2. The van der Waals surface area contributed by atoms with Gasteiger partial charge in [-0.15, -0.1) is 0 Å². The summed E-state index contributed by atoms with van der Waals surface area (Å²) < 4.78 is 0. The lowest BCUT2D eigenvalue weighted by Gasteiger charge is -2.22. The molecule has 1 aliphatic rings. The van der Waals surface area contributed by atoms with Gasteiger partial charge in [0.2, 0.25) is 0 Å². The van der Waals surface area contributed by atoms with Gasteiger partial charge < -0.3 is 15.7 Å². The van der Waals surface area contributed by atoms with Crippen molar-refractivity contribution in [2.24, 2.45) is 5.92 Å². The minimum absolute atomic E-state index is 0.114. The summed E-state index contributed by atoms with van der Waals surface area (Å²) in [4.78, 5) is 23.3. The van der Waals surface area contributed by atoms with Gasteiger partial charge in [0, 0.05) is 13.1 Å². The van der Waals surface area contributed by atoms with Crippen molar-refractivity contribution < 1.29 is 14.7 Å². The van der Waals surface area contributed by atoms with Gasteiger partial charge in [0.15, 0.2) is 0 Å². The summed E-state index contributed by atoms with van der Waals surface area (Å²) in [7, 11) is 0. The van der Waals surface area contributed by atoms with Gasteiger partial charge in [-0.3, -0.25) is 9.59 Å². The second kappa shape index (κ2) is 6.72. The molecular formula is C16H22N2O3. The molecule has 1 aliphatic carbocycles. The summed E-state index contributed by atoms with van der Waals surface area (Å²) >= 11 is 0. The van der Waals surface area contributed by atoms with Gasteiger partial charge in [-0.25, -0.2) is 0 Å². The van der Waals surface area contributed by atoms with Crippen LogP contribution >= 0.6 is 0 Å². The minimum atomic E-state index is -0.917. The Hall–Kier alpha value is -1.88. The molecule has 3 N–H and O–H groups in total. The van der Waals surface area contributed by atoms with E-state index in [-0.39, 0.29) is 12.5 Å². The van der Waals surface area contributed by atoms with Crippen molar-refractivity contribution in [2.45, 2.75) is 31.8 Å². The van der Waals surface area contributed by atoms with Crippen molar-refractivity contribution in [3.05, 3.63) is 35.9 Å². The molecule has 1 aromatic rings.